The number of anilines is 3. The van der Waals surface area contributed by atoms with E-state index in [-0.39, 0.29) is 11.7 Å². The second kappa shape index (κ2) is 8.81. The normalized spacial score (nSPS) is 10.2. The molecule has 28 heavy (non-hydrogen) atoms. The number of rotatable bonds is 7. The second-order valence-corrected chi connectivity index (χ2v) is 6.10. The lowest BCUT2D eigenvalue weighted by molar-refractivity contribution is 0.101. The summed E-state index contributed by atoms with van der Waals surface area (Å²) in [6.07, 6.45) is 1.57. The van der Waals surface area contributed by atoms with Crippen LogP contribution in [0.3, 0.4) is 0 Å². The summed E-state index contributed by atoms with van der Waals surface area (Å²) in [5.74, 6) is 1.08. The first-order valence-corrected chi connectivity index (χ1v) is 8.93. The molecule has 0 aliphatic heterocycles. The first kappa shape index (κ1) is 19.1. The highest BCUT2D eigenvalue weighted by molar-refractivity contribution is 6.05. The number of benzene rings is 2. The third-order valence-electron chi connectivity index (χ3n) is 4.01. The summed E-state index contributed by atoms with van der Waals surface area (Å²) in [6, 6.07) is 17.6. The molecule has 6 heteroatoms. The van der Waals surface area contributed by atoms with Gasteiger partial charge >= 0.3 is 0 Å². The van der Waals surface area contributed by atoms with E-state index in [1.54, 1.807) is 42.6 Å². The highest BCUT2D eigenvalue weighted by atomic mass is 16.5. The van der Waals surface area contributed by atoms with Gasteiger partial charge in [0.25, 0.3) is 5.91 Å². The summed E-state index contributed by atoms with van der Waals surface area (Å²) in [5, 5.41) is 5.98. The number of aromatic nitrogens is 1. The molecule has 1 heterocycles. The Morgan fingerprint density at radius 1 is 0.929 bits per heavy atom. The number of hydrogen-bond acceptors (Lipinski definition) is 5. The zero-order valence-electron chi connectivity index (χ0n) is 15.7. The van der Waals surface area contributed by atoms with Crippen molar-refractivity contribution in [2.75, 3.05) is 17.2 Å². The number of hydrogen-bond donors (Lipinski definition) is 2. The number of carbonyl (C=O) groups is 2. The summed E-state index contributed by atoms with van der Waals surface area (Å²) < 4.78 is 5.42. The van der Waals surface area contributed by atoms with Crippen LogP contribution in [0.15, 0.2) is 66.9 Å². The molecule has 0 fully saturated rings. The van der Waals surface area contributed by atoms with Crippen LogP contribution in [0.5, 0.6) is 5.75 Å². The number of Topliss-reactive ketones (excluding diaryl/α,β-unsaturated/α-hetero) is 1. The average molecular weight is 375 g/mol. The maximum absolute atomic E-state index is 12.5. The van der Waals surface area contributed by atoms with Crippen molar-refractivity contribution in [1.82, 2.24) is 4.98 Å². The van der Waals surface area contributed by atoms with E-state index in [1.165, 1.54) is 6.92 Å². The maximum atomic E-state index is 12.5. The van der Waals surface area contributed by atoms with Gasteiger partial charge in [-0.1, -0.05) is 0 Å². The van der Waals surface area contributed by atoms with Crippen molar-refractivity contribution in [1.29, 1.82) is 0 Å². The molecule has 2 N–H and O–H groups in total. The second-order valence-electron chi connectivity index (χ2n) is 6.10. The Labute approximate surface area is 163 Å². The molecule has 0 saturated carbocycles. The van der Waals surface area contributed by atoms with Gasteiger partial charge in [0, 0.05) is 28.7 Å². The van der Waals surface area contributed by atoms with E-state index in [2.05, 4.69) is 15.6 Å². The lowest BCUT2D eigenvalue weighted by Crippen LogP contribution is -2.12. The fourth-order valence-corrected chi connectivity index (χ4v) is 2.58. The van der Waals surface area contributed by atoms with Crippen LogP contribution in [0.25, 0.3) is 0 Å². The van der Waals surface area contributed by atoms with Crippen molar-refractivity contribution < 1.29 is 14.3 Å². The summed E-state index contributed by atoms with van der Waals surface area (Å²) in [5.41, 5.74) is 2.53. The number of carbonyl (C=O) groups excluding carboxylic acids is 2. The van der Waals surface area contributed by atoms with E-state index in [4.69, 9.17) is 4.74 Å². The molecule has 0 unspecified atom stereocenters. The van der Waals surface area contributed by atoms with Crippen LogP contribution < -0.4 is 15.4 Å². The third-order valence-corrected chi connectivity index (χ3v) is 4.01. The molecule has 0 saturated heterocycles. The Hall–Kier alpha value is -3.67. The van der Waals surface area contributed by atoms with Crippen molar-refractivity contribution in [3.63, 3.8) is 0 Å². The van der Waals surface area contributed by atoms with E-state index in [0.29, 0.717) is 29.2 Å². The fourth-order valence-electron chi connectivity index (χ4n) is 2.58. The van der Waals surface area contributed by atoms with Crippen molar-refractivity contribution in [3.05, 3.63) is 78.0 Å². The first-order chi connectivity index (χ1) is 13.5. The van der Waals surface area contributed by atoms with Crippen molar-refractivity contribution >= 4 is 28.9 Å². The van der Waals surface area contributed by atoms with Crippen LogP contribution in [0, 0.1) is 0 Å². The number of ketones is 1. The van der Waals surface area contributed by atoms with Crippen molar-refractivity contribution in [3.8, 4) is 5.75 Å². The Kier molecular flexibility index (Phi) is 6.01. The van der Waals surface area contributed by atoms with Gasteiger partial charge in [0.2, 0.25) is 0 Å². The smallest absolute Gasteiger partial charge is 0.255 e. The lowest BCUT2D eigenvalue weighted by atomic mass is 10.1. The summed E-state index contributed by atoms with van der Waals surface area (Å²) in [6.45, 7) is 4.05. The van der Waals surface area contributed by atoms with Crippen LogP contribution in [-0.4, -0.2) is 23.3 Å². The monoisotopic (exact) mass is 375 g/mol. The minimum absolute atomic E-state index is 0.0167. The van der Waals surface area contributed by atoms with E-state index in [0.717, 1.165) is 11.4 Å². The van der Waals surface area contributed by atoms with Gasteiger partial charge < -0.3 is 15.4 Å². The Morgan fingerprint density at radius 2 is 1.61 bits per heavy atom. The van der Waals surface area contributed by atoms with E-state index in [9.17, 15) is 9.59 Å². The van der Waals surface area contributed by atoms with Gasteiger partial charge in [-0.15, -0.1) is 0 Å². The molecule has 0 aliphatic carbocycles. The van der Waals surface area contributed by atoms with Crippen LogP contribution in [0.2, 0.25) is 0 Å². The van der Waals surface area contributed by atoms with Crippen molar-refractivity contribution in [2.24, 2.45) is 0 Å². The topological polar surface area (TPSA) is 80.3 Å². The van der Waals surface area contributed by atoms with Gasteiger partial charge in [0.05, 0.1) is 6.61 Å². The molecule has 1 aromatic heterocycles. The molecule has 1 amide bonds. The predicted octanol–water partition coefficient (Wildman–Crippen LogP) is 4.68. The largest absolute Gasteiger partial charge is 0.494 e. The Morgan fingerprint density at radius 3 is 2.25 bits per heavy atom. The molecular formula is C22H21N3O3. The maximum Gasteiger partial charge on any atom is 0.255 e. The minimum Gasteiger partial charge on any atom is -0.494 e. The average Bonchev–Trinajstić information content (AvgIpc) is 2.70. The SMILES string of the molecule is CCOc1ccc(Nc2cc(C(=O)Nc3ccc(C(C)=O)cc3)ccn2)cc1. The molecule has 0 atom stereocenters. The minimum atomic E-state index is -0.257. The highest BCUT2D eigenvalue weighted by Gasteiger charge is 2.08. The predicted molar refractivity (Wildman–Crippen MR) is 110 cm³/mol. The molecule has 142 valence electrons. The first-order valence-electron chi connectivity index (χ1n) is 8.93. The number of nitrogens with one attached hydrogen (secondary N) is 2. The fraction of sp³-hybridized carbons (Fsp3) is 0.136. The molecule has 0 radical (unpaired) electrons. The van der Waals surface area contributed by atoms with Gasteiger partial charge in [-0.25, -0.2) is 4.98 Å². The summed E-state index contributed by atoms with van der Waals surface area (Å²) in [4.78, 5) is 28.1. The Bertz CT molecular complexity index is 967. The zero-order valence-corrected chi connectivity index (χ0v) is 15.7. The van der Waals surface area contributed by atoms with Crippen LogP contribution in [-0.2, 0) is 0 Å². The molecule has 6 nitrogen and oxygen atoms in total. The number of amides is 1. The summed E-state index contributed by atoms with van der Waals surface area (Å²) >= 11 is 0. The lowest BCUT2D eigenvalue weighted by Gasteiger charge is -2.09. The van der Waals surface area contributed by atoms with E-state index in [1.807, 2.05) is 31.2 Å². The number of ether oxygens (including phenoxy) is 1. The number of pyridine rings is 1. The number of nitrogens with zero attached hydrogens (tertiary/aromatic N) is 1. The molecule has 2 aromatic carbocycles. The quantitative estimate of drug-likeness (QED) is 0.586. The van der Waals surface area contributed by atoms with Gasteiger partial charge in [0.1, 0.15) is 11.6 Å². The molecule has 0 spiro atoms. The molecule has 0 aliphatic rings. The van der Waals surface area contributed by atoms with Crippen LogP contribution >= 0.6 is 0 Å². The van der Waals surface area contributed by atoms with Crippen molar-refractivity contribution in [2.45, 2.75) is 13.8 Å². The third kappa shape index (κ3) is 4.94. The van der Waals surface area contributed by atoms with Crippen LogP contribution in [0.1, 0.15) is 34.6 Å². The highest BCUT2D eigenvalue weighted by Crippen LogP contribution is 2.20. The standard InChI is InChI=1S/C22H21N3O3/c1-3-28-20-10-8-18(9-11-20)24-21-14-17(12-13-23-21)22(27)25-19-6-4-16(5-7-19)15(2)26/h4-14H,3H2,1-2H3,(H,23,24)(H,25,27). The van der Waals surface area contributed by atoms with Gasteiger partial charge in [0.15, 0.2) is 5.78 Å². The summed E-state index contributed by atoms with van der Waals surface area (Å²) in [7, 11) is 0. The van der Waals surface area contributed by atoms with Gasteiger partial charge in [-0.3, -0.25) is 9.59 Å². The van der Waals surface area contributed by atoms with E-state index >= 15 is 0 Å². The van der Waals surface area contributed by atoms with E-state index < -0.39 is 0 Å². The van der Waals surface area contributed by atoms with Gasteiger partial charge in [-0.2, -0.15) is 0 Å². The zero-order chi connectivity index (χ0) is 19.9. The Balaban J connectivity index is 1.67. The molecule has 0 bridgehead atoms. The molecule has 3 aromatic rings. The molecule has 3 rings (SSSR count). The van der Waals surface area contributed by atoms with Gasteiger partial charge in [-0.05, 0) is 74.5 Å². The molecular weight excluding hydrogens is 354 g/mol. The van der Waals surface area contributed by atoms with Crippen LogP contribution in [0.4, 0.5) is 17.2 Å².